The van der Waals surface area contributed by atoms with Gasteiger partial charge in [0.15, 0.2) is 0 Å². The van der Waals surface area contributed by atoms with E-state index in [0.29, 0.717) is 6.54 Å². The Balaban J connectivity index is 2.05. The third-order valence-corrected chi connectivity index (χ3v) is 4.92. The first-order valence-electron chi connectivity index (χ1n) is 7.26. The summed E-state index contributed by atoms with van der Waals surface area (Å²) < 4.78 is 0. The van der Waals surface area contributed by atoms with Crippen molar-refractivity contribution in [3.05, 3.63) is 35.4 Å². The van der Waals surface area contributed by atoms with E-state index in [-0.39, 0.29) is 17.8 Å². The van der Waals surface area contributed by atoms with Crippen LogP contribution in [0.25, 0.3) is 0 Å². The van der Waals surface area contributed by atoms with E-state index in [1.54, 1.807) is 16.7 Å². The smallest absolute Gasteiger partial charge is 0.235 e. The molecule has 1 N–H and O–H groups in total. The van der Waals surface area contributed by atoms with Crippen molar-refractivity contribution in [3.63, 3.8) is 0 Å². The van der Waals surface area contributed by atoms with Crippen LogP contribution in [-0.2, 0) is 11.3 Å². The molecule has 1 atom stereocenters. The number of aliphatic hydroxyl groups is 1. The molecule has 1 unspecified atom stereocenters. The Hall–Kier alpha value is -1.44. The van der Waals surface area contributed by atoms with E-state index in [2.05, 4.69) is 11.8 Å². The summed E-state index contributed by atoms with van der Waals surface area (Å²) in [6, 6.07) is 7.78. The van der Waals surface area contributed by atoms with Crippen LogP contribution >= 0.6 is 11.8 Å². The summed E-state index contributed by atoms with van der Waals surface area (Å²) in [5, 5.41) is 8.93. The maximum atomic E-state index is 12.5. The van der Waals surface area contributed by atoms with Gasteiger partial charge in [-0.2, -0.15) is 0 Å². The van der Waals surface area contributed by atoms with Crippen LogP contribution in [0.5, 0.6) is 0 Å². The lowest BCUT2D eigenvalue weighted by Gasteiger charge is -2.26. The maximum Gasteiger partial charge on any atom is 0.235 e. The average Bonchev–Trinajstić information content (AvgIpc) is 2.54. The molecule has 1 fully saturated rings. The molecule has 21 heavy (non-hydrogen) atoms. The molecule has 1 heterocycles. The quantitative estimate of drug-likeness (QED) is 0.871. The van der Waals surface area contributed by atoms with E-state index in [1.807, 2.05) is 31.3 Å². The lowest BCUT2D eigenvalue weighted by Crippen LogP contribution is -2.35. The highest BCUT2D eigenvalue weighted by molar-refractivity contribution is 8.00. The number of nitrogens with zero attached hydrogens (tertiary/aromatic N) is 1. The molecule has 0 aromatic heterocycles. The summed E-state index contributed by atoms with van der Waals surface area (Å²) >= 11 is 1.78. The van der Waals surface area contributed by atoms with Crippen molar-refractivity contribution in [1.29, 1.82) is 0 Å². The summed E-state index contributed by atoms with van der Waals surface area (Å²) in [6.07, 6.45) is 3.35. The molecule has 2 rings (SSSR count). The number of carbonyl (C=O) groups excluding carboxylic acids is 1. The average molecular weight is 303 g/mol. The van der Waals surface area contributed by atoms with E-state index >= 15 is 0 Å². The fourth-order valence-electron chi connectivity index (χ4n) is 2.43. The molecule has 4 heteroatoms. The second-order valence-electron chi connectivity index (χ2n) is 5.17. The predicted molar refractivity (Wildman–Crippen MR) is 87.0 cm³/mol. The van der Waals surface area contributed by atoms with E-state index in [4.69, 9.17) is 5.11 Å². The second-order valence-corrected chi connectivity index (χ2v) is 6.48. The molecule has 0 spiro atoms. The van der Waals surface area contributed by atoms with Crippen LogP contribution in [0.2, 0.25) is 0 Å². The van der Waals surface area contributed by atoms with E-state index in [0.717, 1.165) is 29.7 Å². The van der Waals surface area contributed by atoms with Gasteiger partial charge in [0.25, 0.3) is 0 Å². The standard InChI is InChI=1S/C17H21NO2S/c1-18(17(20)16-10-4-5-12-21-16)13-15-8-3-2-7-14(15)9-6-11-19/h2-3,7-8,16,19H,4-5,10-13H2,1H3. The number of hydrogen-bond acceptors (Lipinski definition) is 3. The highest BCUT2D eigenvalue weighted by Crippen LogP contribution is 2.26. The number of carbonyl (C=O) groups is 1. The fraction of sp³-hybridized carbons (Fsp3) is 0.471. The molecule has 1 aliphatic rings. The Morgan fingerprint density at radius 3 is 2.95 bits per heavy atom. The third kappa shape index (κ3) is 4.52. The molecule has 1 aromatic rings. The molecule has 0 aliphatic carbocycles. The van der Waals surface area contributed by atoms with E-state index in [1.165, 1.54) is 6.42 Å². The molecule has 1 amide bonds. The number of thioether (sulfide) groups is 1. The molecule has 1 aliphatic heterocycles. The Morgan fingerprint density at radius 2 is 2.24 bits per heavy atom. The molecular weight excluding hydrogens is 282 g/mol. The largest absolute Gasteiger partial charge is 0.384 e. The summed E-state index contributed by atoms with van der Waals surface area (Å²) in [4.78, 5) is 14.3. The first-order chi connectivity index (χ1) is 10.2. The highest BCUT2D eigenvalue weighted by atomic mass is 32.2. The third-order valence-electron chi connectivity index (χ3n) is 3.56. The number of benzene rings is 1. The minimum atomic E-state index is -0.151. The van der Waals surface area contributed by atoms with Crippen LogP contribution in [0.15, 0.2) is 24.3 Å². The lowest BCUT2D eigenvalue weighted by atomic mass is 10.1. The van der Waals surface area contributed by atoms with Crippen molar-refractivity contribution in [2.24, 2.45) is 0 Å². The minimum Gasteiger partial charge on any atom is -0.384 e. The van der Waals surface area contributed by atoms with Crippen molar-refractivity contribution in [2.45, 2.75) is 31.1 Å². The molecule has 0 radical (unpaired) electrons. The zero-order valence-corrected chi connectivity index (χ0v) is 13.2. The van der Waals surface area contributed by atoms with Gasteiger partial charge in [-0.3, -0.25) is 4.79 Å². The van der Waals surface area contributed by atoms with Gasteiger partial charge in [0, 0.05) is 19.2 Å². The zero-order chi connectivity index (χ0) is 15.1. The van der Waals surface area contributed by atoms with Crippen LogP contribution in [0.4, 0.5) is 0 Å². The Morgan fingerprint density at radius 1 is 1.43 bits per heavy atom. The molecular formula is C17H21NO2S. The Labute approximate surface area is 130 Å². The van der Waals surface area contributed by atoms with E-state index in [9.17, 15) is 4.79 Å². The number of hydrogen-bond donors (Lipinski definition) is 1. The fourth-order valence-corrected chi connectivity index (χ4v) is 3.74. The minimum absolute atomic E-state index is 0.111. The number of aliphatic hydroxyl groups excluding tert-OH is 1. The second kappa shape index (κ2) is 8.11. The summed E-state index contributed by atoms with van der Waals surface area (Å²) in [5.74, 6) is 6.91. The van der Waals surface area contributed by atoms with Crippen molar-refractivity contribution < 1.29 is 9.90 Å². The lowest BCUT2D eigenvalue weighted by molar-refractivity contribution is -0.130. The topological polar surface area (TPSA) is 40.5 Å². The van der Waals surface area contributed by atoms with Gasteiger partial charge in [-0.25, -0.2) is 0 Å². The summed E-state index contributed by atoms with van der Waals surface area (Å²) in [7, 11) is 1.85. The summed E-state index contributed by atoms with van der Waals surface area (Å²) in [5.41, 5.74) is 1.90. The van der Waals surface area contributed by atoms with Gasteiger partial charge in [-0.15, -0.1) is 11.8 Å². The first kappa shape index (κ1) is 15.9. The molecule has 0 saturated carbocycles. The van der Waals surface area contributed by atoms with Crippen LogP contribution in [0, 0.1) is 11.8 Å². The predicted octanol–water partition coefficient (Wildman–Crippen LogP) is 2.27. The van der Waals surface area contributed by atoms with Crippen molar-refractivity contribution >= 4 is 17.7 Å². The van der Waals surface area contributed by atoms with Crippen LogP contribution in [0.1, 0.15) is 30.4 Å². The summed E-state index contributed by atoms with van der Waals surface area (Å²) in [6.45, 7) is 0.411. The number of amides is 1. The monoisotopic (exact) mass is 303 g/mol. The molecule has 0 bridgehead atoms. The Bertz CT molecular complexity index is 541. The van der Waals surface area contributed by atoms with Gasteiger partial charge in [0.05, 0.1) is 5.25 Å². The van der Waals surface area contributed by atoms with Crippen molar-refractivity contribution in [2.75, 3.05) is 19.4 Å². The van der Waals surface area contributed by atoms with Gasteiger partial charge in [-0.05, 0) is 30.2 Å². The van der Waals surface area contributed by atoms with Gasteiger partial charge < -0.3 is 10.0 Å². The Kier molecular flexibility index (Phi) is 6.16. The first-order valence-corrected chi connectivity index (χ1v) is 8.31. The molecule has 3 nitrogen and oxygen atoms in total. The van der Waals surface area contributed by atoms with Crippen LogP contribution in [-0.4, -0.2) is 40.6 Å². The number of rotatable bonds is 3. The van der Waals surface area contributed by atoms with Gasteiger partial charge in [0.1, 0.15) is 6.61 Å². The molecule has 1 saturated heterocycles. The molecule has 112 valence electrons. The normalized spacial score (nSPS) is 17.7. The van der Waals surface area contributed by atoms with Gasteiger partial charge in [-0.1, -0.05) is 36.5 Å². The maximum absolute atomic E-state index is 12.5. The van der Waals surface area contributed by atoms with Gasteiger partial charge >= 0.3 is 0 Å². The van der Waals surface area contributed by atoms with Crippen LogP contribution in [0.3, 0.4) is 0 Å². The highest BCUT2D eigenvalue weighted by Gasteiger charge is 2.24. The van der Waals surface area contributed by atoms with Gasteiger partial charge in [0.2, 0.25) is 5.91 Å². The molecule has 1 aromatic carbocycles. The van der Waals surface area contributed by atoms with Crippen molar-refractivity contribution in [1.82, 2.24) is 4.90 Å². The van der Waals surface area contributed by atoms with Crippen molar-refractivity contribution in [3.8, 4) is 11.8 Å². The van der Waals surface area contributed by atoms with Crippen LogP contribution < -0.4 is 0 Å². The zero-order valence-electron chi connectivity index (χ0n) is 12.3. The van der Waals surface area contributed by atoms with E-state index < -0.39 is 0 Å². The SMILES string of the molecule is CN(Cc1ccccc1C#CCO)C(=O)C1CCCCS1.